The van der Waals surface area contributed by atoms with Crippen molar-refractivity contribution in [2.75, 3.05) is 11.9 Å². The Morgan fingerprint density at radius 3 is 2.76 bits per heavy atom. The Morgan fingerprint density at radius 2 is 2.05 bits per heavy atom. The van der Waals surface area contributed by atoms with Crippen molar-refractivity contribution >= 4 is 27.1 Å². The van der Waals surface area contributed by atoms with E-state index in [4.69, 9.17) is 5.26 Å². The van der Waals surface area contributed by atoms with Gasteiger partial charge in [0.25, 0.3) is 0 Å². The highest BCUT2D eigenvalue weighted by Gasteiger charge is 2.06. The molecule has 0 spiro atoms. The summed E-state index contributed by atoms with van der Waals surface area (Å²) in [4.78, 5) is 2.15. The predicted molar refractivity (Wildman–Crippen MR) is 86.2 cm³/mol. The Bertz CT molecular complexity index is 814. The summed E-state index contributed by atoms with van der Waals surface area (Å²) in [6, 6.07) is 13.9. The zero-order valence-corrected chi connectivity index (χ0v) is 13.1. The van der Waals surface area contributed by atoms with Crippen molar-refractivity contribution < 1.29 is 0 Å². The lowest BCUT2D eigenvalue weighted by Crippen LogP contribution is -2.16. The first-order valence-corrected chi connectivity index (χ1v) is 7.30. The van der Waals surface area contributed by atoms with Crippen LogP contribution < -0.4 is 4.90 Å². The minimum absolute atomic E-state index is 0.678. The van der Waals surface area contributed by atoms with Crippen LogP contribution in [0.1, 0.15) is 11.1 Å². The highest BCUT2D eigenvalue weighted by Crippen LogP contribution is 2.20. The highest BCUT2D eigenvalue weighted by molar-refractivity contribution is 9.10. The predicted octanol–water partition coefficient (Wildman–Crippen LogP) is 3.60. The number of rotatable bonds is 3. The number of fused-ring (bicyclic) bond motifs is 1. The fourth-order valence-electron chi connectivity index (χ4n) is 2.25. The summed E-state index contributed by atoms with van der Waals surface area (Å²) in [5.74, 6) is 0. The molecule has 0 fully saturated rings. The van der Waals surface area contributed by atoms with Gasteiger partial charge in [-0.3, -0.25) is 0 Å². The van der Waals surface area contributed by atoms with Gasteiger partial charge >= 0.3 is 0 Å². The zero-order valence-electron chi connectivity index (χ0n) is 11.5. The monoisotopic (exact) mass is 340 g/mol. The van der Waals surface area contributed by atoms with Gasteiger partial charge in [-0.15, -0.1) is 0 Å². The second-order valence-corrected chi connectivity index (χ2v) is 5.73. The van der Waals surface area contributed by atoms with Gasteiger partial charge in [-0.25, -0.2) is 4.52 Å². The summed E-state index contributed by atoms with van der Waals surface area (Å²) in [7, 11) is 2.04. The number of nitrogens with zero attached hydrogens (tertiary/aromatic N) is 4. The van der Waals surface area contributed by atoms with Gasteiger partial charge in [0, 0.05) is 25.5 Å². The third-order valence-electron chi connectivity index (χ3n) is 3.40. The lowest BCUT2D eigenvalue weighted by molar-refractivity contribution is 0.904. The second kappa shape index (κ2) is 5.58. The van der Waals surface area contributed by atoms with Crippen molar-refractivity contribution in [3.8, 4) is 6.07 Å². The van der Waals surface area contributed by atoms with Crippen LogP contribution in [0.5, 0.6) is 0 Å². The van der Waals surface area contributed by atoms with Gasteiger partial charge in [0.2, 0.25) is 0 Å². The molecule has 0 saturated heterocycles. The number of benzene rings is 1. The van der Waals surface area contributed by atoms with Gasteiger partial charge in [0.1, 0.15) is 0 Å². The summed E-state index contributed by atoms with van der Waals surface area (Å²) in [6.07, 6.45) is 3.76. The van der Waals surface area contributed by atoms with E-state index in [0.29, 0.717) is 5.56 Å². The Labute approximate surface area is 131 Å². The van der Waals surface area contributed by atoms with Crippen LogP contribution in [0, 0.1) is 11.3 Å². The maximum Gasteiger partial charge on any atom is 0.0991 e. The average Bonchev–Trinajstić information content (AvgIpc) is 2.88. The fraction of sp³-hybridized carbons (Fsp3) is 0.125. The molecule has 5 heteroatoms. The van der Waals surface area contributed by atoms with Crippen LogP contribution in [-0.4, -0.2) is 16.7 Å². The van der Waals surface area contributed by atoms with E-state index < -0.39 is 0 Å². The molecule has 0 aliphatic heterocycles. The number of halogens is 1. The third kappa shape index (κ3) is 2.76. The summed E-state index contributed by atoms with van der Waals surface area (Å²) >= 11 is 3.50. The fourth-order valence-corrected chi connectivity index (χ4v) is 2.64. The Balaban J connectivity index is 1.83. The SMILES string of the molecule is CN(Cc1ccn2ncc(Br)c2c1)c1ccc(C#N)cc1. The Kier molecular flexibility index (Phi) is 3.63. The molecule has 0 aliphatic carbocycles. The molecule has 21 heavy (non-hydrogen) atoms. The van der Waals surface area contributed by atoms with E-state index in [1.807, 2.05) is 42.0 Å². The average molecular weight is 341 g/mol. The smallest absolute Gasteiger partial charge is 0.0991 e. The molecule has 0 N–H and O–H groups in total. The maximum atomic E-state index is 8.83. The molecule has 0 bridgehead atoms. The van der Waals surface area contributed by atoms with Crippen LogP contribution in [0.4, 0.5) is 5.69 Å². The summed E-state index contributed by atoms with van der Waals surface area (Å²) in [5.41, 5.74) is 4.02. The van der Waals surface area contributed by atoms with Crippen LogP contribution in [0.15, 0.2) is 53.3 Å². The summed E-state index contributed by atoms with van der Waals surface area (Å²) in [5, 5.41) is 13.1. The van der Waals surface area contributed by atoms with E-state index in [1.54, 1.807) is 6.20 Å². The standard InChI is InChI=1S/C16H13BrN4/c1-20(14-4-2-12(9-18)3-5-14)11-13-6-7-21-16(8-13)15(17)10-19-21/h2-8,10H,11H2,1H3. The van der Waals surface area contributed by atoms with E-state index >= 15 is 0 Å². The molecular weight excluding hydrogens is 328 g/mol. The van der Waals surface area contributed by atoms with Gasteiger partial charge in [0.05, 0.1) is 27.8 Å². The number of nitriles is 1. The second-order valence-electron chi connectivity index (χ2n) is 4.87. The van der Waals surface area contributed by atoms with Crippen LogP contribution in [-0.2, 0) is 6.54 Å². The minimum Gasteiger partial charge on any atom is -0.370 e. The van der Waals surface area contributed by atoms with Gasteiger partial charge in [0.15, 0.2) is 0 Å². The van der Waals surface area contributed by atoms with E-state index in [1.165, 1.54) is 5.56 Å². The first-order chi connectivity index (χ1) is 10.2. The van der Waals surface area contributed by atoms with Gasteiger partial charge < -0.3 is 4.90 Å². The molecule has 1 aromatic carbocycles. The molecule has 2 aromatic heterocycles. The van der Waals surface area contributed by atoms with E-state index in [9.17, 15) is 0 Å². The molecule has 2 heterocycles. The first kappa shape index (κ1) is 13.7. The van der Waals surface area contributed by atoms with Crippen molar-refractivity contribution in [2.24, 2.45) is 0 Å². The topological polar surface area (TPSA) is 44.3 Å². The molecule has 0 atom stereocenters. The molecule has 0 aliphatic rings. The first-order valence-electron chi connectivity index (χ1n) is 6.50. The van der Waals surface area contributed by atoms with Gasteiger partial charge in [-0.1, -0.05) is 0 Å². The van der Waals surface area contributed by atoms with Crippen molar-refractivity contribution in [1.82, 2.24) is 9.61 Å². The number of hydrogen-bond donors (Lipinski definition) is 0. The van der Waals surface area contributed by atoms with E-state index in [-0.39, 0.29) is 0 Å². The van der Waals surface area contributed by atoms with Crippen LogP contribution >= 0.6 is 15.9 Å². The van der Waals surface area contributed by atoms with Gasteiger partial charge in [-0.2, -0.15) is 10.4 Å². The summed E-state index contributed by atoms with van der Waals surface area (Å²) in [6.45, 7) is 0.792. The quantitative estimate of drug-likeness (QED) is 0.731. The maximum absolute atomic E-state index is 8.83. The summed E-state index contributed by atoms with van der Waals surface area (Å²) < 4.78 is 2.83. The molecule has 4 nitrogen and oxygen atoms in total. The van der Waals surface area contributed by atoms with Gasteiger partial charge in [-0.05, 0) is 57.9 Å². The number of aromatic nitrogens is 2. The molecule has 3 aromatic rings. The molecular formula is C16H13BrN4. The zero-order chi connectivity index (χ0) is 14.8. The Morgan fingerprint density at radius 1 is 1.29 bits per heavy atom. The van der Waals surface area contributed by atoms with Crippen LogP contribution in [0.3, 0.4) is 0 Å². The van der Waals surface area contributed by atoms with E-state index in [0.717, 1.165) is 22.2 Å². The number of hydrogen-bond acceptors (Lipinski definition) is 3. The van der Waals surface area contributed by atoms with Crippen molar-refractivity contribution in [3.05, 3.63) is 64.4 Å². The van der Waals surface area contributed by atoms with Crippen LogP contribution in [0.25, 0.3) is 5.52 Å². The van der Waals surface area contributed by atoms with Crippen molar-refractivity contribution in [2.45, 2.75) is 6.54 Å². The lowest BCUT2D eigenvalue weighted by atomic mass is 10.2. The van der Waals surface area contributed by atoms with E-state index in [2.05, 4.69) is 44.1 Å². The molecule has 0 amide bonds. The van der Waals surface area contributed by atoms with Crippen molar-refractivity contribution in [1.29, 1.82) is 5.26 Å². The highest BCUT2D eigenvalue weighted by atomic mass is 79.9. The Hall–Kier alpha value is -2.32. The number of anilines is 1. The largest absolute Gasteiger partial charge is 0.370 e. The minimum atomic E-state index is 0.678. The van der Waals surface area contributed by atoms with Crippen molar-refractivity contribution in [3.63, 3.8) is 0 Å². The van der Waals surface area contributed by atoms with Crippen LogP contribution in [0.2, 0.25) is 0 Å². The molecule has 0 saturated carbocycles. The molecule has 0 unspecified atom stereocenters. The third-order valence-corrected chi connectivity index (χ3v) is 4.01. The normalized spacial score (nSPS) is 10.5. The molecule has 104 valence electrons. The number of pyridine rings is 1. The lowest BCUT2D eigenvalue weighted by Gasteiger charge is -2.19. The molecule has 0 radical (unpaired) electrons. The molecule has 3 rings (SSSR count).